The zero-order valence-electron chi connectivity index (χ0n) is 16.0. The van der Waals surface area contributed by atoms with Crippen LogP contribution >= 0.6 is 0 Å². The van der Waals surface area contributed by atoms with E-state index in [1.807, 2.05) is 0 Å². The zero-order valence-corrected chi connectivity index (χ0v) is 16.0. The summed E-state index contributed by atoms with van der Waals surface area (Å²) in [5.74, 6) is 0.319. The predicted molar refractivity (Wildman–Crippen MR) is 110 cm³/mol. The van der Waals surface area contributed by atoms with Gasteiger partial charge in [-0.05, 0) is 48.4 Å². The van der Waals surface area contributed by atoms with E-state index < -0.39 is 5.82 Å². The van der Waals surface area contributed by atoms with E-state index in [1.54, 1.807) is 24.3 Å². The molecule has 4 aromatic rings. The van der Waals surface area contributed by atoms with Gasteiger partial charge in [0, 0.05) is 12.1 Å². The number of fused-ring (bicyclic) bond motifs is 1. The molecule has 0 unspecified atom stereocenters. The fourth-order valence-electron chi connectivity index (χ4n) is 3.01. The molecule has 0 aliphatic rings. The molecule has 0 spiro atoms. The molecule has 2 aromatic heterocycles. The number of nitrogens with two attached hydrogens (primary N) is 1. The molecule has 0 aliphatic carbocycles. The number of nitrogens with zero attached hydrogens (tertiary/aromatic N) is 4. The average Bonchev–Trinajstić information content (AvgIpc) is 3.03. The SMILES string of the molecule is CC(C)CNc1nc(-c2ccc(F)cc2)c2c(N)n(-c3cccc(F)c3)nc2n1. The number of nitrogens with one attached hydrogen (secondary N) is 1. The molecule has 0 atom stereocenters. The van der Waals surface area contributed by atoms with Crippen LogP contribution in [0.1, 0.15) is 13.8 Å². The first-order valence-corrected chi connectivity index (χ1v) is 9.24. The van der Waals surface area contributed by atoms with Gasteiger partial charge < -0.3 is 11.1 Å². The van der Waals surface area contributed by atoms with Gasteiger partial charge in [-0.2, -0.15) is 4.98 Å². The van der Waals surface area contributed by atoms with Crippen LogP contribution in [-0.2, 0) is 0 Å². The number of anilines is 2. The largest absolute Gasteiger partial charge is 0.383 e. The monoisotopic (exact) mass is 394 g/mol. The summed E-state index contributed by atoms with van der Waals surface area (Å²) in [4.78, 5) is 9.08. The van der Waals surface area contributed by atoms with Crippen molar-refractivity contribution in [2.45, 2.75) is 13.8 Å². The van der Waals surface area contributed by atoms with Crippen LogP contribution in [0.3, 0.4) is 0 Å². The van der Waals surface area contributed by atoms with Crippen molar-refractivity contribution in [3.05, 3.63) is 60.2 Å². The van der Waals surface area contributed by atoms with Crippen LogP contribution in [-0.4, -0.2) is 26.3 Å². The Bertz CT molecular complexity index is 1170. The first kappa shape index (κ1) is 18.8. The molecule has 29 heavy (non-hydrogen) atoms. The molecule has 8 heteroatoms. The van der Waals surface area contributed by atoms with E-state index >= 15 is 0 Å². The maximum atomic E-state index is 13.7. The van der Waals surface area contributed by atoms with Crippen LogP contribution in [0.5, 0.6) is 0 Å². The second kappa shape index (κ2) is 7.46. The number of halogens is 2. The highest BCUT2D eigenvalue weighted by molar-refractivity contribution is 5.99. The normalized spacial score (nSPS) is 11.3. The minimum atomic E-state index is -0.398. The number of hydrogen-bond donors (Lipinski definition) is 2. The van der Waals surface area contributed by atoms with Crippen LogP contribution < -0.4 is 11.1 Å². The molecule has 0 bridgehead atoms. The van der Waals surface area contributed by atoms with Crippen LogP contribution in [0.15, 0.2) is 48.5 Å². The van der Waals surface area contributed by atoms with Crippen molar-refractivity contribution in [2.75, 3.05) is 17.6 Å². The highest BCUT2D eigenvalue weighted by atomic mass is 19.1. The third kappa shape index (κ3) is 3.73. The highest BCUT2D eigenvalue weighted by Crippen LogP contribution is 2.33. The second-order valence-electron chi connectivity index (χ2n) is 7.15. The number of nitrogen functional groups attached to an aromatic ring is 1. The third-order valence-corrected chi connectivity index (χ3v) is 4.41. The van der Waals surface area contributed by atoms with Gasteiger partial charge in [-0.1, -0.05) is 19.9 Å². The van der Waals surface area contributed by atoms with Gasteiger partial charge in [-0.3, -0.25) is 0 Å². The van der Waals surface area contributed by atoms with Crippen molar-refractivity contribution in [3.8, 4) is 16.9 Å². The predicted octanol–water partition coefficient (Wildman–Crippen LogP) is 4.41. The fourth-order valence-corrected chi connectivity index (χ4v) is 3.01. The minimum absolute atomic E-state index is 0.278. The molecular formula is C21H20F2N6. The number of aromatic nitrogens is 4. The van der Waals surface area contributed by atoms with E-state index in [0.717, 1.165) is 0 Å². The molecule has 0 radical (unpaired) electrons. The van der Waals surface area contributed by atoms with Gasteiger partial charge in [0.05, 0.1) is 16.8 Å². The lowest BCUT2D eigenvalue weighted by atomic mass is 10.1. The van der Waals surface area contributed by atoms with Crippen molar-refractivity contribution in [3.63, 3.8) is 0 Å². The van der Waals surface area contributed by atoms with Crippen LogP contribution in [0.2, 0.25) is 0 Å². The van der Waals surface area contributed by atoms with Gasteiger partial charge >= 0.3 is 0 Å². The Morgan fingerprint density at radius 2 is 1.79 bits per heavy atom. The molecule has 0 saturated heterocycles. The summed E-state index contributed by atoms with van der Waals surface area (Å²) in [5.41, 5.74) is 8.41. The summed E-state index contributed by atoms with van der Waals surface area (Å²) in [6.45, 7) is 4.82. The minimum Gasteiger partial charge on any atom is -0.383 e. The molecule has 0 aliphatic heterocycles. The number of benzene rings is 2. The molecule has 2 heterocycles. The fraction of sp³-hybridized carbons (Fsp3) is 0.190. The molecule has 0 fully saturated rings. The Kier molecular flexibility index (Phi) is 4.84. The van der Waals surface area contributed by atoms with Gasteiger partial charge in [-0.15, -0.1) is 5.10 Å². The van der Waals surface area contributed by atoms with Crippen molar-refractivity contribution in [1.29, 1.82) is 0 Å². The lowest BCUT2D eigenvalue weighted by Gasteiger charge is -2.10. The molecular weight excluding hydrogens is 374 g/mol. The molecule has 148 valence electrons. The average molecular weight is 394 g/mol. The van der Waals surface area contributed by atoms with Crippen molar-refractivity contribution in [2.24, 2.45) is 5.92 Å². The Morgan fingerprint density at radius 1 is 1.03 bits per heavy atom. The summed E-state index contributed by atoms with van der Waals surface area (Å²) in [6, 6.07) is 11.9. The second-order valence-corrected chi connectivity index (χ2v) is 7.15. The van der Waals surface area contributed by atoms with Gasteiger partial charge in [-0.25, -0.2) is 18.4 Å². The van der Waals surface area contributed by atoms with Crippen LogP contribution in [0, 0.1) is 17.6 Å². The molecule has 3 N–H and O–H groups in total. The van der Waals surface area contributed by atoms with E-state index in [9.17, 15) is 8.78 Å². The van der Waals surface area contributed by atoms with Crippen molar-refractivity contribution < 1.29 is 8.78 Å². The third-order valence-electron chi connectivity index (χ3n) is 4.41. The molecule has 2 aromatic carbocycles. The van der Waals surface area contributed by atoms with E-state index in [2.05, 4.69) is 34.2 Å². The maximum Gasteiger partial charge on any atom is 0.225 e. The Labute approximate surface area is 166 Å². The quantitative estimate of drug-likeness (QED) is 0.524. The molecule has 6 nitrogen and oxygen atoms in total. The number of hydrogen-bond acceptors (Lipinski definition) is 5. The van der Waals surface area contributed by atoms with Crippen molar-refractivity contribution in [1.82, 2.24) is 19.7 Å². The first-order valence-electron chi connectivity index (χ1n) is 9.24. The standard InChI is InChI=1S/C21H20F2N6/c1-12(2)11-25-21-26-18(13-6-8-14(22)9-7-13)17-19(24)29(28-20(17)27-21)16-5-3-4-15(23)10-16/h3-10,12H,11,24H2,1-2H3,(H,25,27,28). The highest BCUT2D eigenvalue weighted by Gasteiger charge is 2.19. The van der Waals surface area contributed by atoms with Crippen LogP contribution in [0.25, 0.3) is 28.0 Å². The topological polar surface area (TPSA) is 81.6 Å². The summed E-state index contributed by atoms with van der Waals surface area (Å²) in [7, 11) is 0. The number of rotatable bonds is 5. The summed E-state index contributed by atoms with van der Waals surface area (Å²) in [5, 5.41) is 8.19. The molecule has 0 amide bonds. The molecule has 4 rings (SSSR count). The lowest BCUT2D eigenvalue weighted by Crippen LogP contribution is -2.11. The van der Waals surface area contributed by atoms with Gasteiger partial charge in [0.2, 0.25) is 5.95 Å². The Hall–Kier alpha value is -3.55. The molecule has 0 saturated carbocycles. The van der Waals surface area contributed by atoms with Gasteiger partial charge in [0.15, 0.2) is 5.65 Å². The lowest BCUT2D eigenvalue weighted by molar-refractivity contribution is 0.625. The van der Waals surface area contributed by atoms with Crippen LogP contribution in [0.4, 0.5) is 20.5 Å². The zero-order chi connectivity index (χ0) is 20.5. The Balaban J connectivity index is 1.93. The van der Waals surface area contributed by atoms with E-state index in [4.69, 9.17) is 5.73 Å². The van der Waals surface area contributed by atoms with E-state index in [0.29, 0.717) is 46.4 Å². The summed E-state index contributed by atoms with van der Waals surface area (Å²) in [6.07, 6.45) is 0. The van der Waals surface area contributed by atoms with E-state index in [1.165, 1.54) is 28.9 Å². The van der Waals surface area contributed by atoms with Crippen molar-refractivity contribution >= 4 is 22.8 Å². The summed E-state index contributed by atoms with van der Waals surface area (Å²) < 4.78 is 28.6. The Morgan fingerprint density at radius 3 is 2.48 bits per heavy atom. The first-order chi connectivity index (χ1) is 13.9. The van der Waals surface area contributed by atoms with E-state index in [-0.39, 0.29) is 11.6 Å². The smallest absolute Gasteiger partial charge is 0.225 e. The van der Waals surface area contributed by atoms with Gasteiger partial charge in [0.1, 0.15) is 17.5 Å². The maximum absolute atomic E-state index is 13.7. The summed E-state index contributed by atoms with van der Waals surface area (Å²) >= 11 is 0. The van der Waals surface area contributed by atoms with Gasteiger partial charge in [0.25, 0.3) is 0 Å².